The van der Waals surface area contributed by atoms with Crippen molar-refractivity contribution < 1.29 is 13.2 Å². The van der Waals surface area contributed by atoms with Crippen LogP contribution >= 0.6 is 22.6 Å². The molecule has 0 unspecified atom stereocenters. The number of carbonyl (C=O) groups excluding carboxylic acids is 1. The fraction of sp³-hybridized carbons (Fsp3) is 0.500. The number of amides is 1. The summed E-state index contributed by atoms with van der Waals surface area (Å²) in [6.45, 7) is 2.79. The molecular formula is C14H19IN2O3S. The maximum Gasteiger partial charge on any atom is 0.253 e. The van der Waals surface area contributed by atoms with Crippen LogP contribution < -0.4 is 4.72 Å². The highest BCUT2D eigenvalue weighted by molar-refractivity contribution is 14.1. The number of benzene rings is 1. The summed E-state index contributed by atoms with van der Waals surface area (Å²) < 4.78 is 26.9. The van der Waals surface area contributed by atoms with E-state index in [0.29, 0.717) is 31.5 Å². The molecule has 1 aromatic carbocycles. The average Bonchev–Trinajstić information content (AvgIpc) is 2.48. The molecule has 1 aromatic rings. The van der Waals surface area contributed by atoms with Gasteiger partial charge in [-0.3, -0.25) is 4.79 Å². The molecule has 1 aliphatic rings. The molecule has 0 radical (unpaired) electrons. The van der Waals surface area contributed by atoms with E-state index in [-0.39, 0.29) is 17.7 Å². The second-order valence-electron chi connectivity index (χ2n) is 5.09. The minimum absolute atomic E-state index is 0.0169. The summed E-state index contributed by atoms with van der Waals surface area (Å²) in [5, 5.41) is 0. The highest BCUT2D eigenvalue weighted by atomic mass is 127. The van der Waals surface area contributed by atoms with Gasteiger partial charge in [-0.15, -0.1) is 0 Å². The van der Waals surface area contributed by atoms with Crippen LogP contribution in [0.15, 0.2) is 24.3 Å². The zero-order valence-corrected chi connectivity index (χ0v) is 14.9. The monoisotopic (exact) mass is 422 g/mol. The molecule has 1 saturated heterocycles. The largest absolute Gasteiger partial charge is 0.339 e. The highest BCUT2D eigenvalue weighted by Gasteiger charge is 2.25. The number of carbonyl (C=O) groups is 1. The van der Waals surface area contributed by atoms with Gasteiger partial charge in [-0.2, -0.15) is 0 Å². The van der Waals surface area contributed by atoms with E-state index in [4.69, 9.17) is 0 Å². The summed E-state index contributed by atoms with van der Waals surface area (Å²) in [7, 11) is -3.17. The first-order chi connectivity index (χ1) is 9.91. The fourth-order valence-corrected chi connectivity index (χ4v) is 3.58. The van der Waals surface area contributed by atoms with Gasteiger partial charge < -0.3 is 4.90 Å². The molecule has 0 aliphatic carbocycles. The minimum atomic E-state index is -3.17. The van der Waals surface area contributed by atoms with Gasteiger partial charge in [0.25, 0.3) is 5.91 Å². The van der Waals surface area contributed by atoms with Gasteiger partial charge >= 0.3 is 0 Å². The van der Waals surface area contributed by atoms with E-state index < -0.39 is 10.0 Å². The average molecular weight is 422 g/mol. The van der Waals surface area contributed by atoms with Gasteiger partial charge in [0.1, 0.15) is 0 Å². The lowest BCUT2D eigenvalue weighted by molar-refractivity contribution is 0.0711. The number of likely N-dealkylation sites (tertiary alicyclic amines) is 1. The Bertz CT molecular complexity index is 593. The van der Waals surface area contributed by atoms with Crippen molar-refractivity contribution in [2.75, 3.05) is 18.8 Å². The normalized spacial score (nSPS) is 17.0. The van der Waals surface area contributed by atoms with Crippen molar-refractivity contribution in [1.82, 2.24) is 9.62 Å². The number of nitrogens with zero attached hydrogens (tertiary/aromatic N) is 1. The molecule has 7 heteroatoms. The Morgan fingerprint density at radius 3 is 2.38 bits per heavy atom. The molecule has 116 valence electrons. The van der Waals surface area contributed by atoms with Gasteiger partial charge in [0.15, 0.2) is 0 Å². The van der Waals surface area contributed by atoms with Crippen LogP contribution in [0.1, 0.15) is 30.1 Å². The molecule has 5 nitrogen and oxygen atoms in total. The summed E-state index contributed by atoms with van der Waals surface area (Å²) in [5.41, 5.74) is 0.683. The van der Waals surface area contributed by atoms with E-state index in [2.05, 4.69) is 27.3 Å². The maximum absolute atomic E-state index is 12.3. The molecule has 0 aromatic heterocycles. The van der Waals surface area contributed by atoms with Crippen LogP contribution in [0.4, 0.5) is 0 Å². The lowest BCUT2D eigenvalue weighted by atomic mass is 10.0. The predicted molar refractivity (Wildman–Crippen MR) is 90.7 cm³/mol. The maximum atomic E-state index is 12.3. The van der Waals surface area contributed by atoms with E-state index in [1.165, 1.54) is 0 Å². The number of nitrogens with one attached hydrogen (secondary N) is 1. The Balaban J connectivity index is 1.92. The Labute approximate surface area is 139 Å². The molecular weight excluding hydrogens is 403 g/mol. The minimum Gasteiger partial charge on any atom is -0.339 e. The first-order valence-corrected chi connectivity index (χ1v) is 9.69. The molecule has 1 fully saturated rings. The van der Waals surface area contributed by atoms with Crippen LogP contribution in [0.3, 0.4) is 0 Å². The van der Waals surface area contributed by atoms with Crippen molar-refractivity contribution in [2.45, 2.75) is 25.8 Å². The number of rotatable bonds is 4. The van der Waals surface area contributed by atoms with Crippen molar-refractivity contribution in [1.29, 1.82) is 0 Å². The molecule has 2 rings (SSSR count). The molecule has 1 heterocycles. The van der Waals surface area contributed by atoms with E-state index in [0.717, 1.165) is 3.57 Å². The molecule has 0 spiro atoms. The highest BCUT2D eigenvalue weighted by Crippen LogP contribution is 2.15. The molecule has 0 atom stereocenters. The third-order valence-corrected chi connectivity index (χ3v) is 5.77. The smallest absolute Gasteiger partial charge is 0.253 e. The number of hydrogen-bond donors (Lipinski definition) is 1. The van der Waals surface area contributed by atoms with E-state index in [9.17, 15) is 13.2 Å². The Kier molecular flexibility index (Phi) is 5.61. The molecule has 0 saturated carbocycles. The molecule has 1 N–H and O–H groups in total. The Hall–Kier alpha value is -0.670. The first kappa shape index (κ1) is 16.7. The van der Waals surface area contributed by atoms with Gasteiger partial charge in [0.2, 0.25) is 10.0 Å². The summed E-state index contributed by atoms with van der Waals surface area (Å²) in [4.78, 5) is 14.1. The molecule has 1 aliphatic heterocycles. The van der Waals surface area contributed by atoms with Gasteiger partial charge in [-0.25, -0.2) is 13.1 Å². The van der Waals surface area contributed by atoms with Crippen molar-refractivity contribution >= 4 is 38.5 Å². The van der Waals surface area contributed by atoms with E-state index in [1.54, 1.807) is 11.8 Å². The number of halogens is 1. The molecule has 0 bridgehead atoms. The second-order valence-corrected chi connectivity index (χ2v) is 8.38. The lowest BCUT2D eigenvalue weighted by Crippen LogP contribution is -2.46. The Morgan fingerprint density at radius 1 is 1.29 bits per heavy atom. The van der Waals surface area contributed by atoms with Crippen molar-refractivity contribution in [3.05, 3.63) is 33.4 Å². The van der Waals surface area contributed by atoms with Crippen LogP contribution in [0, 0.1) is 3.57 Å². The number of hydrogen-bond acceptors (Lipinski definition) is 3. The predicted octanol–water partition coefficient (Wildman–Crippen LogP) is 1.84. The van der Waals surface area contributed by atoms with Crippen LogP contribution in [0.5, 0.6) is 0 Å². The van der Waals surface area contributed by atoms with Crippen LogP contribution in [0.2, 0.25) is 0 Å². The quantitative estimate of drug-likeness (QED) is 0.754. The number of sulfonamides is 1. The van der Waals surface area contributed by atoms with E-state index in [1.807, 2.05) is 24.3 Å². The standard InChI is InChI=1S/C14H19IN2O3S/c1-2-21(19,20)16-13-7-9-17(10-8-13)14(18)11-3-5-12(15)6-4-11/h3-6,13,16H,2,7-10H2,1H3. The van der Waals surface area contributed by atoms with Gasteiger partial charge in [-0.05, 0) is 66.6 Å². The van der Waals surface area contributed by atoms with Crippen LogP contribution in [0.25, 0.3) is 0 Å². The SMILES string of the molecule is CCS(=O)(=O)NC1CCN(C(=O)c2ccc(I)cc2)CC1. The number of piperidine rings is 1. The van der Waals surface area contributed by atoms with Crippen molar-refractivity contribution in [2.24, 2.45) is 0 Å². The van der Waals surface area contributed by atoms with E-state index >= 15 is 0 Å². The molecule has 21 heavy (non-hydrogen) atoms. The molecule has 1 amide bonds. The first-order valence-electron chi connectivity index (χ1n) is 6.96. The van der Waals surface area contributed by atoms with Crippen molar-refractivity contribution in [3.63, 3.8) is 0 Å². The third-order valence-electron chi connectivity index (χ3n) is 3.60. The van der Waals surface area contributed by atoms with Gasteiger partial charge in [0, 0.05) is 28.3 Å². The van der Waals surface area contributed by atoms with Crippen molar-refractivity contribution in [3.8, 4) is 0 Å². The van der Waals surface area contributed by atoms with Gasteiger partial charge in [0.05, 0.1) is 5.75 Å². The topological polar surface area (TPSA) is 66.5 Å². The van der Waals surface area contributed by atoms with Crippen LogP contribution in [-0.4, -0.2) is 44.1 Å². The second kappa shape index (κ2) is 7.06. The summed E-state index contributed by atoms with van der Waals surface area (Å²) in [5.74, 6) is 0.109. The fourth-order valence-electron chi connectivity index (χ4n) is 2.31. The van der Waals surface area contributed by atoms with Gasteiger partial charge in [-0.1, -0.05) is 0 Å². The summed E-state index contributed by atoms with van der Waals surface area (Å²) >= 11 is 2.20. The summed E-state index contributed by atoms with van der Waals surface area (Å²) in [6, 6.07) is 7.42. The lowest BCUT2D eigenvalue weighted by Gasteiger charge is -2.32. The zero-order valence-electron chi connectivity index (χ0n) is 11.9. The Morgan fingerprint density at radius 2 is 1.86 bits per heavy atom. The zero-order chi connectivity index (χ0) is 15.5. The van der Waals surface area contributed by atoms with Crippen LogP contribution in [-0.2, 0) is 10.0 Å². The summed E-state index contributed by atoms with van der Waals surface area (Å²) in [6.07, 6.45) is 1.32. The third kappa shape index (κ3) is 4.65.